The van der Waals surface area contributed by atoms with E-state index in [2.05, 4.69) is 15.8 Å². The molecule has 3 saturated carbocycles. The zero-order valence-corrected chi connectivity index (χ0v) is 15.1. The second-order valence-electron chi connectivity index (χ2n) is 8.09. The molecule has 1 aromatic heterocycles. The Hall–Kier alpha value is -1.89. The lowest BCUT2D eigenvalue weighted by Gasteiger charge is -2.44. The summed E-state index contributed by atoms with van der Waals surface area (Å²) in [6.45, 7) is 0.393. The normalized spacial score (nSPS) is 30.7. The minimum atomic E-state index is -0.123. The van der Waals surface area contributed by atoms with E-state index in [1.807, 2.05) is 0 Å². The molecule has 2 bridgehead atoms. The third kappa shape index (κ3) is 3.77. The molecule has 2 amide bonds. The van der Waals surface area contributed by atoms with E-state index in [1.165, 1.54) is 0 Å². The molecule has 4 atom stereocenters. The molecule has 0 saturated heterocycles. The molecular weight excluding hydrogens is 332 g/mol. The fourth-order valence-electron chi connectivity index (χ4n) is 4.60. The number of nitrogens with two attached hydrogens (primary N) is 1. The number of carbonyl (C=O) groups is 2. The summed E-state index contributed by atoms with van der Waals surface area (Å²) in [6.07, 6.45) is 7.71. The molecule has 4 rings (SSSR count). The maximum Gasteiger partial charge on any atom is 0.273 e. The standard InChI is InChI=1S/C19H28N4O3/c20-8-7-18(24)21-14-5-3-13-9-12(14)4-6-15(13)22-19(25)16-10-17(26-23-16)11-1-2-11/h10-15H,1-9,20H2,(H,21,24)(H,22,25). The van der Waals surface area contributed by atoms with Gasteiger partial charge in [-0.05, 0) is 56.8 Å². The van der Waals surface area contributed by atoms with Gasteiger partial charge in [0.15, 0.2) is 5.69 Å². The molecule has 0 radical (unpaired) electrons. The highest BCUT2D eigenvalue weighted by Crippen LogP contribution is 2.41. The van der Waals surface area contributed by atoms with Crippen molar-refractivity contribution in [1.82, 2.24) is 15.8 Å². The number of fused-ring (bicyclic) bond motifs is 2. The Labute approximate surface area is 153 Å². The Morgan fingerprint density at radius 3 is 2.42 bits per heavy atom. The lowest BCUT2D eigenvalue weighted by molar-refractivity contribution is -0.122. The van der Waals surface area contributed by atoms with Crippen molar-refractivity contribution >= 4 is 11.8 Å². The van der Waals surface area contributed by atoms with Crippen LogP contribution in [-0.4, -0.2) is 35.6 Å². The monoisotopic (exact) mass is 360 g/mol. The van der Waals surface area contributed by atoms with Crippen molar-refractivity contribution in [1.29, 1.82) is 0 Å². The third-order valence-corrected chi connectivity index (χ3v) is 6.22. The van der Waals surface area contributed by atoms with E-state index in [4.69, 9.17) is 10.3 Å². The molecule has 1 aromatic rings. The predicted molar refractivity (Wildman–Crippen MR) is 95.4 cm³/mol. The zero-order chi connectivity index (χ0) is 18.1. The van der Waals surface area contributed by atoms with Gasteiger partial charge in [0.05, 0.1) is 0 Å². The van der Waals surface area contributed by atoms with Gasteiger partial charge >= 0.3 is 0 Å². The van der Waals surface area contributed by atoms with Crippen LogP contribution in [0.15, 0.2) is 10.6 Å². The van der Waals surface area contributed by atoms with Crippen LogP contribution in [0.25, 0.3) is 0 Å². The van der Waals surface area contributed by atoms with Crippen molar-refractivity contribution in [3.8, 4) is 0 Å². The highest BCUT2D eigenvalue weighted by Gasteiger charge is 2.40. The average molecular weight is 360 g/mol. The molecule has 3 aliphatic rings. The molecule has 7 heteroatoms. The van der Waals surface area contributed by atoms with Gasteiger partial charge in [0.25, 0.3) is 5.91 Å². The molecule has 4 N–H and O–H groups in total. The van der Waals surface area contributed by atoms with Crippen molar-refractivity contribution in [3.05, 3.63) is 17.5 Å². The van der Waals surface area contributed by atoms with Crippen LogP contribution in [0.1, 0.15) is 73.5 Å². The molecule has 26 heavy (non-hydrogen) atoms. The van der Waals surface area contributed by atoms with E-state index in [0.717, 1.165) is 50.7 Å². The van der Waals surface area contributed by atoms with Gasteiger partial charge in [-0.2, -0.15) is 0 Å². The number of hydrogen-bond donors (Lipinski definition) is 3. The SMILES string of the molecule is NCCC(=O)NC1CCC2CC1CCC2NC(=O)c1cc(C2CC2)on1. The molecule has 3 aliphatic carbocycles. The molecule has 0 aliphatic heterocycles. The van der Waals surface area contributed by atoms with Crippen molar-refractivity contribution in [2.75, 3.05) is 6.54 Å². The zero-order valence-electron chi connectivity index (χ0n) is 15.1. The van der Waals surface area contributed by atoms with E-state index in [-0.39, 0.29) is 23.9 Å². The smallest absolute Gasteiger partial charge is 0.273 e. The van der Waals surface area contributed by atoms with Gasteiger partial charge < -0.3 is 20.9 Å². The molecule has 7 nitrogen and oxygen atoms in total. The van der Waals surface area contributed by atoms with E-state index in [9.17, 15) is 9.59 Å². The summed E-state index contributed by atoms with van der Waals surface area (Å²) in [5, 5.41) is 10.3. The van der Waals surface area contributed by atoms with E-state index < -0.39 is 0 Å². The molecule has 3 fully saturated rings. The number of hydrogen-bond acceptors (Lipinski definition) is 5. The minimum absolute atomic E-state index is 0.0591. The predicted octanol–water partition coefficient (Wildman–Crippen LogP) is 1.69. The molecule has 142 valence electrons. The van der Waals surface area contributed by atoms with Crippen LogP contribution in [0.5, 0.6) is 0 Å². The van der Waals surface area contributed by atoms with Gasteiger partial charge in [0.1, 0.15) is 5.76 Å². The van der Waals surface area contributed by atoms with Crippen molar-refractivity contribution in [2.24, 2.45) is 17.6 Å². The van der Waals surface area contributed by atoms with Gasteiger partial charge in [0.2, 0.25) is 5.91 Å². The molecule has 4 unspecified atom stereocenters. The second kappa shape index (κ2) is 7.39. The van der Waals surface area contributed by atoms with Crippen molar-refractivity contribution in [3.63, 3.8) is 0 Å². The van der Waals surface area contributed by atoms with Crippen LogP contribution in [0.4, 0.5) is 0 Å². The van der Waals surface area contributed by atoms with E-state index in [0.29, 0.717) is 36.4 Å². The molecule has 1 heterocycles. The van der Waals surface area contributed by atoms with Gasteiger partial charge in [-0.15, -0.1) is 0 Å². The number of rotatable bonds is 6. The maximum atomic E-state index is 12.5. The van der Waals surface area contributed by atoms with Gasteiger partial charge in [-0.3, -0.25) is 9.59 Å². The Bertz CT molecular complexity index is 669. The summed E-state index contributed by atoms with van der Waals surface area (Å²) in [5.41, 5.74) is 5.86. The first kappa shape index (κ1) is 17.5. The third-order valence-electron chi connectivity index (χ3n) is 6.22. The Balaban J connectivity index is 1.30. The number of aromatic nitrogens is 1. The summed E-state index contributed by atoms with van der Waals surface area (Å²) in [7, 11) is 0. The van der Waals surface area contributed by atoms with Crippen LogP contribution in [0.2, 0.25) is 0 Å². The highest BCUT2D eigenvalue weighted by atomic mass is 16.5. The van der Waals surface area contributed by atoms with Crippen LogP contribution in [0.3, 0.4) is 0 Å². The summed E-state index contributed by atoms with van der Waals surface area (Å²) < 4.78 is 5.29. The lowest BCUT2D eigenvalue weighted by atomic mass is 9.67. The summed E-state index contributed by atoms with van der Waals surface area (Å²) >= 11 is 0. The second-order valence-corrected chi connectivity index (χ2v) is 8.09. The number of nitrogens with zero attached hydrogens (tertiary/aromatic N) is 1. The van der Waals surface area contributed by atoms with Crippen LogP contribution >= 0.6 is 0 Å². The first-order chi connectivity index (χ1) is 12.6. The number of amides is 2. The number of nitrogens with one attached hydrogen (secondary N) is 2. The van der Waals surface area contributed by atoms with E-state index in [1.54, 1.807) is 6.07 Å². The van der Waals surface area contributed by atoms with E-state index >= 15 is 0 Å². The first-order valence-corrected chi connectivity index (χ1v) is 9.91. The van der Waals surface area contributed by atoms with Crippen LogP contribution < -0.4 is 16.4 Å². The first-order valence-electron chi connectivity index (χ1n) is 9.91. The Kier molecular flexibility index (Phi) is 4.98. The topological polar surface area (TPSA) is 110 Å². The fourth-order valence-corrected chi connectivity index (χ4v) is 4.60. The fraction of sp³-hybridized carbons (Fsp3) is 0.737. The summed E-state index contributed by atoms with van der Waals surface area (Å²) in [5.74, 6) is 2.23. The number of carbonyl (C=O) groups excluding carboxylic acids is 2. The molecule has 0 spiro atoms. The van der Waals surface area contributed by atoms with Gasteiger partial charge in [0, 0.05) is 37.0 Å². The quantitative estimate of drug-likeness (QED) is 0.715. The Morgan fingerprint density at radius 1 is 1.08 bits per heavy atom. The summed E-state index contributed by atoms with van der Waals surface area (Å²) in [6, 6.07) is 2.25. The van der Waals surface area contributed by atoms with Crippen LogP contribution in [-0.2, 0) is 4.79 Å². The lowest BCUT2D eigenvalue weighted by Crippen LogP contribution is -2.52. The summed E-state index contributed by atoms with van der Waals surface area (Å²) in [4.78, 5) is 24.3. The molecular formula is C19H28N4O3. The minimum Gasteiger partial charge on any atom is -0.360 e. The highest BCUT2D eigenvalue weighted by molar-refractivity contribution is 5.92. The average Bonchev–Trinajstić information content (AvgIpc) is 3.36. The Morgan fingerprint density at radius 2 is 1.77 bits per heavy atom. The maximum absolute atomic E-state index is 12.5. The van der Waals surface area contributed by atoms with Gasteiger partial charge in [-0.1, -0.05) is 5.16 Å². The van der Waals surface area contributed by atoms with Crippen molar-refractivity contribution < 1.29 is 14.1 Å². The van der Waals surface area contributed by atoms with Crippen LogP contribution in [0, 0.1) is 11.8 Å². The van der Waals surface area contributed by atoms with Gasteiger partial charge in [-0.25, -0.2) is 0 Å². The largest absolute Gasteiger partial charge is 0.360 e. The van der Waals surface area contributed by atoms with Crippen molar-refractivity contribution in [2.45, 2.75) is 69.4 Å². The molecule has 0 aromatic carbocycles.